The van der Waals surface area contributed by atoms with Gasteiger partial charge in [-0.3, -0.25) is 4.72 Å². The van der Waals surface area contributed by atoms with Gasteiger partial charge in [0.25, 0.3) is 10.0 Å². The standard InChI is InChI=1S/C31H30F3N9O4S3/c1-41(2)31-39-27(19-7-9-21(32)25(17-19)40-50(46,47)29-22(33)5-4-6-23(29)34)28(48-31)24-11-12-35-30(38-24)37-20-8-10-26(36-18-20)42-13-15-43(16-14-42)49(3,44)45/h4-12,17-18,40H,13-16H2,1-3H3,(H,35,37,38). The van der Waals surface area contributed by atoms with Crippen LogP contribution in [0.5, 0.6) is 0 Å². The van der Waals surface area contributed by atoms with Crippen molar-refractivity contribution in [1.29, 1.82) is 0 Å². The molecule has 0 radical (unpaired) electrons. The normalized spacial score (nSPS) is 14.1. The van der Waals surface area contributed by atoms with E-state index in [4.69, 9.17) is 0 Å². The average Bonchev–Trinajstić information content (AvgIpc) is 3.52. The first-order chi connectivity index (χ1) is 23.7. The van der Waals surface area contributed by atoms with E-state index in [1.165, 1.54) is 34.0 Å². The molecule has 3 aromatic heterocycles. The maximum absolute atomic E-state index is 14.9. The highest BCUT2D eigenvalue weighted by molar-refractivity contribution is 7.92. The Hall–Kier alpha value is -4.85. The number of halogens is 3. The molecular weight excluding hydrogens is 716 g/mol. The number of aromatic nitrogens is 4. The minimum Gasteiger partial charge on any atom is -0.354 e. The summed E-state index contributed by atoms with van der Waals surface area (Å²) in [5, 5.41) is 3.69. The summed E-state index contributed by atoms with van der Waals surface area (Å²) in [5.41, 5.74) is 1.18. The first kappa shape index (κ1) is 35.0. The Morgan fingerprint density at radius 3 is 2.22 bits per heavy atom. The quantitative estimate of drug-likeness (QED) is 0.203. The van der Waals surface area contributed by atoms with Crippen molar-refractivity contribution >= 4 is 59.7 Å². The second-order valence-corrected chi connectivity index (χ2v) is 15.9. The van der Waals surface area contributed by atoms with Crippen LogP contribution in [0.25, 0.3) is 21.8 Å². The van der Waals surface area contributed by atoms with Crippen LogP contribution in [0.15, 0.2) is 71.9 Å². The average molecular weight is 746 g/mol. The summed E-state index contributed by atoms with van der Waals surface area (Å²) in [6.07, 6.45) is 4.35. The molecule has 13 nitrogen and oxygen atoms in total. The Morgan fingerprint density at radius 1 is 0.860 bits per heavy atom. The molecule has 0 aliphatic carbocycles. The molecular formula is C31H30F3N9O4S3. The van der Waals surface area contributed by atoms with E-state index in [0.29, 0.717) is 64.6 Å². The van der Waals surface area contributed by atoms with Gasteiger partial charge in [-0.15, -0.1) is 0 Å². The molecule has 0 atom stereocenters. The fourth-order valence-corrected chi connectivity index (χ4v) is 8.13. The summed E-state index contributed by atoms with van der Waals surface area (Å²) >= 11 is 1.28. The lowest BCUT2D eigenvalue weighted by Gasteiger charge is -2.33. The van der Waals surface area contributed by atoms with E-state index in [1.807, 2.05) is 15.7 Å². The van der Waals surface area contributed by atoms with Crippen LogP contribution in [0, 0.1) is 17.5 Å². The minimum atomic E-state index is -4.85. The molecule has 6 rings (SSSR count). The van der Waals surface area contributed by atoms with E-state index in [2.05, 4.69) is 25.3 Å². The highest BCUT2D eigenvalue weighted by atomic mass is 32.2. The molecule has 5 aromatic rings. The predicted octanol–water partition coefficient (Wildman–Crippen LogP) is 4.77. The smallest absolute Gasteiger partial charge is 0.267 e. The number of benzene rings is 2. The highest BCUT2D eigenvalue weighted by Gasteiger charge is 2.27. The molecule has 0 unspecified atom stereocenters. The predicted molar refractivity (Wildman–Crippen MR) is 186 cm³/mol. The van der Waals surface area contributed by atoms with Gasteiger partial charge >= 0.3 is 0 Å². The van der Waals surface area contributed by atoms with E-state index < -0.39 is 48.1 Å². The maximum Gasteiger partial charge on any atom is 0.267 e. The van der Waals surface area contributed by atoms with Gasteiger partial charge in [-0.2, -0.15) is 4.31 Å². The Kier molecular flexibility index (Phi) is 9.67. The number of sulfonamides is 2. The Bertz CT molecular complexity index is 2240. The Morgan fingerprint density at radius 2 is 1.58 bits per heavy atom. The number of hydrogen-bond acceptors (Lipinski definition) is 12. The lowest BCUT2D eigenvalue weighted by Crippen LogP contribution is -2.48. The summed E-state index contributed by atoms with van der Waals surface area (Å²) < 4.78 is 96.5. The first-order valence-corrected chi connectivity index (χ1v) is 19.1. The third kappa shape index (κ3) is 7.49. The van der Waals surface area contributed by atoms with Crippen molar-refractivity contribution in [2.24, 2.45) is 0 Å². The zero-order valence-electron chi connectivity index (χ0n) is 26.8. The van der Waals surface area contributed by atoms with Gasteiger partial charge in [0.05, 0.1) is 40.1 Å². The van der Waals surface area contributed by atoms with E-state index in [9.17, 15) is 30.0 Å². The third-order valence-corrected chi connectivity index (χ3v) is 11.6. The van der Waals surface area contributed by atoms with Gasteiger partial charge in [-0.25, -0.2) is 49.9 Å². The molecule has 262 valence electrons. The second kappa shape index (κ2) is 13.8. The molecule has 19 heteroatoms. The van der Waals surface area contributed by atoms with Gasteiger partial charge in [0, 0.05) is 52.0 Å². The molecule has 1 fully saturated rings. The molecule has 0 saturated carbocycles. The summed E-state index contributed by atoms with van der Waals surface area (Å²) in [6, 6.07) is 11.5. The fourth-order valence-electron chi connectivity index (χ4n) is 5.13. The molecule has 0 bridgehead atoms. The Balaban J connectivity index is 1.26. The van der Waals surface area contributed by atoms with Gasteiger partial charge < -0.3 is 15.1 Å². The molecule has 2 N–H and O–H groups in total. The van der Waals surface area contributed by atoms with Crippen LogP contribution in [0.4, 0.5) is 41.4 Å². The number of piperazine rings is 1. The lowest BCUT2D eigenvalue weighted by atomic mass is 10.1. The van der Waals surface area contributed by atoms with Crippen LogP contribution in [0.3, 0.4) is 0 Å². The number of rotatable bonds is 10. The summed E-state index contributed by atoms with van der Waals surface area (Å²) in [6.45, 7) is 1.77. The SMILES string of the molecule is CN(C)c1nc(-c2ccc(F)c(NS(=O)(=O)c3c(F)cccc3F)c2)c(-c2ccnc(Nc3ccc(N4CCN(S(C)(=O)=O)CC4)nc3)n2)s1. The fraction of sp³-hybridized carbons (Fsp3) is 0.226. The van der Waals surface area contributed by atoms with Gasteiger partial charge in [-0.05, 0) is 48.5 Å². The molecule has 4 heterocycles. The van der Waals surface area contributed by atoms with Crippen molar-refractivity contribution in [3.63, 3.8) is 0 Å². The zero-order chi connectivity index (χ0) is 35.8. The summed E-state index contributed by atoms with van der Waals surface area (Å²) in [4.78, 5) is 21.3. The molecule has 1 aliphatic rings. The monoisotopic (exact) mass is 745 g/mol. The van der Waals surface area contributed by atoms with E-state index >= 15 is 0 Å². The van der Waals surface area contributed by atoms with Crippen LogP contribution in [0.2, 0.25) is 0 Å². The number of nitrogens with zero attached hydrogens (tertiary/aromatic N) is 7. The number of pyridine rings is 1. The highest BCUT2D eigenvalue weighted by Crippen LogP contribution is 2.40. The third-order valence-electron chi connectivity index (χ3n) is 7.59. The summed E-state index contributed by atoms with van der Waals surface area (Å²) in [7, 11) is -4.52. The van der Waals surface area contributed by atoms with E-state index in [1.54, 1.807) is 43.5 Å². The topological polar surface area (TPSA) is 154 Å². The van der Waals surface area contributed by atoms with Gasteiger partial charge in [-0.1, -0.05) is 17.4 Å². The molecule has 0 spiro atoms. The largest absolute Gasteiger partial charge is 0.354 e. The molecule has 2 aromatic carbocycles. The number of thiazole rings is 1. The van der Waals surface area contributed by atoms with Crippen molar-refractivity contribution < 1.29 is 30.0 Å². The maximum atomic E-state index is 14.9. The van der Waals surface area contributed by atoms with Crippen molar-refractivity contribution in [2.45, 2.75) is 4.90 Å². The molecule has 1 saturated heterocycles. The van der Waals surface area contributed by atoms with Crippen molar-refractivity contribution in [1.82, 2.24) is 24.2 Å². The molecule has 1 aliphatic heterocycles. The minimum absolute atomic E-state index is 0.240. The van der Waals surface area contributed by atoms with Crippen molar-refractivity contribution in [3.8, 4) is 21.8 Å². The molecule has 0 amide bonds. The van der Waals surface area contributed by atoms with Gasteiger partial charge in [0.2, 0.25) is 16.0 Å². The van der Waals surface area contributed by atoms with Crippen molar-refractivity contribution in [3.05, 3.63) is 84.4 Å². The number of anilines is 5. The first-order valence-electron chi connectivity index (χ1n) is 14.9. The van der Waals surface area contributed by atoms with Crippen LogP contribution in [-0.2, 0) is 20.0 Å². The van der Waals surface area contributed by atoms with Crippen LogP contribution < -0.4 is 19.8 Å². The van der Waals surface area contributed by atoms with Gasteiger partial charge in [0.1, 0.15) is 23.3 Å². The van der Waals surface area contributed by atoms with Crippen LogP contribution in [-0.4, -0.2) is 87.6 Å². The number of nitrogens with one attached hydrogen (secondary N) is 2. The van der Waals surface area contributed by atoms with Crippen molar-refractivity contribution in [2.75, 3.05) is 66.4 Å². The Labute approximate surface area is 290 Å². The second-order valence-electron chi connectivity index (χ2n) is 11.4. The zero-order valence-corrected chi connectivity index (χ0v) is 29.3. The molecule has 50 heavy (non-hydrogen) atoms. The summed E-state index contributed by atoms with van der Waals surface area (Å²) in [5.74, 6) is -2.68. The van der Waals surface area contributed by atoms with Crippen LogP contribution in [0.1, 0.15) is 0 Å². The van der Waals surface area contributed by atoms with E-state index in [-0.39, 0.29) is 5.95 Å². The lowest BCUT2D eigenvalue weighted by molar-refractivity contribution is 0.387. The van der Waals surface area contributed by atoms with Gasteiger partial charge in [0.15, 0.2) is 10.0 Å². The van der Waals surface area contributed by atoms with Crippen LogP contribution >= 0.6 is 11.3 Å². The number of hydrogen-bond donors (Lipinski definition) is 2. The van der Waals surface area contributed by atoms with E-state index in [0.717, 1.165) is 24.3 Å².